The van der Waals surface area contributed by atoms with Crippen molar-refractivity contribution in [1.29, 1.82) is 0 Å². The maximum Gasteiger partial charge on any atom is 0.325 e. The van der Waals surface area contributed by atoms with Gasteiger partial charge in [0.15, 0.2) is 0 Å². The van der Waals surface area contributed by atoms with Crippen LogP contribution in [0.5, 0.6) is 5.75 Å². The Kier molecular flexibility index (Phi) is 5.62. The Hall–Kier alpha value is -3.81. The molecule has 0 radical (unpaired) electrons. The summed E-state index contributed by atoms with van der Waals surface area (Å²) < 4.78 is 7.13. The van der Waals surface area contributed by atoms with Gasteiger partial charge in [-0.1, -0.05) is 12.1 Å². The number of carbonyl (C=O) groups excluding carboxylic acids is 3. The van der Waals surface area contributed by atoms with E-state index in [0.29, 0.717) is 11.4 Å². The summed E-state index contributed by atoms with van der Waals surface area (Å²) >= 11 is 0. The number of hydrogen-bond donors (Lipinski definition) is 2. The van der Waals surface area contributed by atoms with E-state index in [9.17, 15) is 14.4 Å². The molecule has 2 heterocycles. The van der Waals surface area contributed by atoms with Crippen molar-refractivity contribution >= 4 is 34.4 Å². The van der Waals surface area contributed by atoms with Gasteiger partial charge < -0.3 is 19.9 Å². The van der Waals surface area contributed by atoms with Crippen LogP contribution in [0.25, 0.3) is 10.9 Å². The summed E-state index contributed by atoms with van der Waals surface area (Å²) in [6.45, 7) is 0.175. The van der Waals surface area contributed by atoms with Gasteiger partial charge in [0.25, 0.3) is 5.91 Å². The van der Waals surface area contributed by atoms with Crippen LogP contribution in [-0.4, -0.2) is 40.5 Å². The van der Waals surface area contributed by atoms with E-state index < -0.39 is 12.1 Å². The van der Waals surface area contributed by atoms with Crippen molar-refractivity contribution in [3.05, 3.63) is 60.3 Å². The molecule has 0 bridgehead atoms. The van der Waals surface area contributed by atoms with Crippen molar-refractivity contribution < 1.29 is 19.1 Å². The van der Waals surface area contributed by atoms with E-state index in [2.05, 4.69) is 10.6 Å². The molecular weight excluding hydrogens is 396 g/mol. The molecule has 0 spiro atoms. The lowest BCUT2D eigenvalue weighted by atomic mass is 10.1. The Morgan fingerprint density at radius 1 is 1.13 bits per heavy atom. The summed E-state index contributed by atoms with van der Waals surface area (Å²) in [6.07, 6.45) is 2.32. The minimum absolute atomic E-state index is 0.125. The van der Waals surface area contributed by atoms with E-state index >= 15 is 0 Å². The standard InChI is InChI=1S/C23H24N4O4/c1-26-12-11-16-13-17(5-9-20(16)26)24-21(28)10-8-19-22(29)27(23(30)25-19)14-15-3-6-18(31-2)7-4-15/h3-7,9,11-13,19H,8,10,14H2,1-2H3,(H,24,28)(H,25,30)/t19-/m0/s1. The van der Waals surface area contributed by atoms with Gasteiger partial charge in [0.1, 0.15) is 11.8 Å². The lowest BCUT2D eigenvalue weighted by Crippen LogP contribution is -2.31. The highest BCUT2D eigenvalue weighted by molar-refractivity contribution is 6.04. The number of benzene rings is 2. The second-order valence-corrected chi connectivity index (χ2v) is 7.56. The Morgan fingerprint density at radius 2 is 1.90 bits per heavy atom. The molecule has 1 aliphatic rings. The molecule has 160 valence electrons. The number of aromatic nitrogens is 1. The van der Waals surface area contributed by atoms with Gasteiger partial charge in [-0.05, 0) is 48.4 Å². The smallest absolute Gasteiger partial charge is 0.325 e. The van der Waals surface area contributed by atoms with Crippen LogP contribution in [0.2, 0.25) is 0 Å². The summed E-state index contributed by atoms with van der Waals surface area (Å²) in [4.78, 5) is 38.4. The number of amides is 4. The van der Waals surface area contributed by atoms with E-state index in [1.165, 1.54) is 4.90 Å². The molecule has 1 aliphatic heterocycles. The van der Waals surface area contributed by atoms with Crippen LogP contribution in [0.15, 0.2) is 54.7 Å². The zero-order valence-electron chi connectivity index (χ0n) is 17.4. The number of rotatable bonds is 7. The molecule has 1 atom stereocenters. The molecule has 1 saturated heterocycles. The van der Waals surface area contributed by atoms with Crippen molar-refractivity contribution in [2.24, 2.45) is 7.05 Å². The average Bonchev–Trinajstić information content (AvgIpc) is 3.26. The molecule has 8 nitrogen and oxygen atoms in total. The first-order valence-corrected chi connectivity index (χ1v) is 10.0. The van der Waals surface area contributed by atoms with Gasteiger partial charge in [-0.25, -0.2) is 4.79 Å². The fraction of sp³-hybridized carbons (Fsp3) is 0.261. The summed E-state index contributed by atoms with van der Waals surface area (Å²) in [6, 6.07) is 13.7. The number of urea groups is 1. The first-order chi connectivity index (χ1) is 14.9. The van der Waals surface area contributed by atoms with Gasteiger partial charge >= 0.3 is 6.03 Å². The molecule has 8 heteroatoms. The van der Waals surface area contributed by atoms with Crippen molar-refractivity contribution in [2.75, 3.05) is 12.4 Å². The lowest BCUT2D eigenvalue weighted by Gasteiger charge is -2.13. The number of ether oxygens (including phenoxy) is 1. The van der Waals surface area contributed by atoms with Crippen LogP contribution in [0.1, 0.15) is 18.4 Å². The third-order valence-corrected chi connectivity index (χ3v) is 5.44. The molecule has 1 fully saturated rings. The third kappa shape index (κ3) is 4.37. The third-order valence-electron chi connectivity index (χ3n) is 5.44. The highest BCUT2D eigenvalue weighted by Gasteiger charge is 2.37. The molecule has 4 amide bonds. The van der Waals surface area contributed by atoms with E-state index in [-0.39, 0.29) is 31.2 Å². The second-order valence-electron chi connectivity index (χ2n) is 7.56. The molecule has 31 heavy (non-hydrogen) atoms. The molecule has 0 unspecified atom stereocenters. The van der Waals surface area contributed by atoms with Crippen LogP contribution < -0.4 is 15.4 Å². The number of imide groups is 1. The normalized spacial score (nSPS) is 15.9. The molecule has 0 aliphatic carbocycles. The fourth-order valence-electron chi connectivity index (χ4n) is 3.69. The molecule has 1 aromatic heterocycles. The topological polar surface area (TPSA) is 92.7 Å². The zero-order chi connectivity index (χ0) is 22.0. The summed E-state index contributed by atoms with van der Waals surface area (Å²) in [5.41, 5.74) is 2.60. The van der Waals surface area contributed by atoms with Gasteiger partial charge in [-0.2, -0.15) is 0 Å². The first kappa shape index (κ1) is 20.5. The minimum Gasteiger partial charge on any atom is -0.497 e. The SMILES string of the molecule is COc1ccc(CN2C(=O)N[C@@H](CCC(=O)Nc3ccc4c(ccn4C)c3)C2=O)cc1. The van der Waals surface area contributed by atoms with Crippen molar-refractivity contribution in [1.82, 2.24) is 14.8 Å². The zero-order valence-corrected chi connectivity index (χ0v) is 17.4. The highest BCUT2D eigenvalue weighted by Crippen LogP contribution is 2.21. The average molecular weight is 420 g/mol. The molecule has 2 aromatic carbocycles. The molecular formula is C23H24N4O4. The largest absolute Gasteiger partial charge is 0.497 e. The Labute approximate surface area is 179 Å². The molecule has 4 rings (SSSR count). The number of nitrogens with one attached hydrogen (secondary N) is 2. The number of methoxy groups -OCH3 is 1. The van der Waals surface area contributed by atoms with Crippen LogP contribution in [0.3, 0.4) is 0 Å². The van der Waals surface area contributed by atoms with Gasteiger partial charge in [0.2, 0.25) is 5.91 Å². The van der Waals surface area contributed by atoms with Crippen molar-refractivity contribution in [3.63, 3.8) is 0 Å². The fourth-order valence-corrected chi connectivity index (χ4v) is 3.69. The minimum atomic E-state index is -0.701. The van der Waals surface area contributed by atoms with E-state index in [0.717, 1.165) is 16.5 Å². The van der Waals surface area contributed by atoms with Gasteiger partial charge in [0, 0.05) is 36.3 Å². The lowest BCUT2D eigenvalue weighted by molar-refractivity contribution is -0.128. The van der Waals surface area contributed by atoms with Gasteiger partial charge in [-0.3, -0.25) is 14.5 Å². The van der Waals surface area contributed by atoms with E-state index in [1.807, 2.05) is 54.2 Å². The quantitative estimate of drug-likeness (QED) is 0.575. The Bertz CT molecular complexity index is 1140. The Balaban J connectivity index is 1.31. The molecule has 0 saturated carbocycles. The molecule has 2 N–H and O–H groups in total. The highest BCUT2D eigenvalue weighted by atomic mass is 16.5. The van der Waals surface area contributed by atoms with Crippen LogP contribution in [0.4, 0.5) is 10.5 Å². The number of fused-ring (bicyclic) bond motifs is 1. The second kappa shape index (κ2) is 8.51. The predicted molar refractivity (Wildman–Crippen MR) is 117 cm³/mol. The van der Waals surface area contributed by atoms with Crippen LogP contribution >= 0.6 is 0 Å². The van der Waals surface area contributed by atoms with Crippen LogP contribution in [0, 0.1) is 0 Å². The predicted octanol–water partition coefficient (Wildman–Crippen LogP) is 3.03. The maximum atomic E-state index is 12.6. The van der Waals surface area contributed by atoms with E-state index in [1.54, 1.807) is 19.2 Å². The van der Waals surface area contributed by atoms with Gasteiger partial charge in [0.05, 0.1) is 13.7 Å². The van der Waals surface area contributed by atoms with Crippen LogP contribution in [-0.2, 0) is 23.2 Å². The van der Waals surface area contributed by atoms with Crippen molar-refractivity contribution in [2.45, 2.75) is 25.4 Å². The van der Waals surface area contributed by atoms with E-state index in [4.69, 9.17) is 4.74 Å². The summed E-state index contributed by atoms with van der Waals surface area (Å²) in [5, 5.41) is 6.57. The maximum absolute atomic E-state index is 12.6. The summed E-state index contributed by atoms with van der Waals surface area (Å²) in [5.74, 6) is 0.182. The number of aryl methyl sites for hydroxylation is 1. The summed E-state index contributed by atoms with van der Waals surface area (Å²) in [7, 11) is 3.54. The number of carbonyl (C=O) groups is 3. The molecule has 3 aromatic rings. The van der Waals surface area contributed by atoms with Crippen molar-refractivity contribution in [3.8, 4) is 5.75 Å². The first-order valence-electron chi connectivity index (χ1n) is 10.0. The number of nitrogens with zero attached hydrogens (tertiary/aromatic N) is 2. The van der Waals surface area contributed by atoms with Gasteiger partial charge in [-0.15, -0.1) is 0 Å². The number of hydrogen-bond acceptors (Lipinski definition) is 4. The Morgan fingerprint density at radius 3 is 2.65 bits per heavy atom. The number of anilines is 1. The monoisotopic (exact) mass is 420 g/mol.